The fourth-order valence-corrected chi connectivity index (χ4v) is 4.38. The number of aromatic nitrogens is 3. The van der Waals surface area contributed by atoms with Gasteiger partial charge < -0.3 is 5.32 Å². The first-order chi connectivity index (χ1) is 14.8. The van der Waals surface area contributed by atoms with Crippen LogP contribution in [0.25, 0.3) is 0 Å². The third-order valence-electron chi connectivity index (χ3n) is 5.41. The van der Waals surface area contributed by atoms with Gasteiger partial charge in [0, 0.05) is 38.3 Å². The van der Waals surface area contributed by atoms with E-state index in [1.165, 1.54) is 12.3 Å². The van der Waals surface area contributed by atoms with Crippen LogP contribution in [-0.2, 0) is 19.5 Å². The van der Waals surface area contributed by atoms with Crippen LogP contribution in [-0.4, -0.2) is 62.1 Å². The lowest BCUT2D eigenvalue weighted by Gasteiger charge is -2.31. The monoisotopic (exact) mass is 500 g/mol. The molecule has 0 unspecified atom stereocenters. The van der Waals surface area contributed by atoms with E-state index in [4.69, 9.17) is 0 Å². The molecule has 0 bridgehead atoms. The van der Waals surface area contributed by atoms with Crippen molar-refractivity contribution in [3.8, 4) is 0 Å². The van der Waals surface area contributed by atoms with Crippen LogP contribution < -0.4 is 5.32 Å². The summed E-state index contributed by atoms with van der Waals surface area (Å²) >= 11 is 2.96. The molecule has 31 heavy (non-hydrogen) atoms. The number of anilines is 1. The van der Waals surface area contributed by atoms with Crippen molar-refractivity contribution in [2.24, 2.45) is 0 Å². The highest BCUT2D eigenvalue weighted by Crippen LogP contribution is 2.29. The lowest BCUT2D eigenvalue weighted by molar-refractivity contribution is 0.0737. The van der Waals surface area contributed by atoms with E-state index >= 15 is 0 Å². The summed E-state index contributed by atoms with van der Waals surface area (Å²) in [6, 6.07) is -0.000691. The number of amides is 3. The van der Waals surface area contributed by atoms with Crippen LogP contribution in [0.2, 0.25) is 0 Å². The van der Waals surface area contributed by atoms with Gasteiger partial charge in [-0.3, -0.25) is 19.3 Å². The quantitative estimate of drug-likeness (QED) is 0.654. The van der Waals surface area contributed by atoms with Crippen molar-refractivity contribution in [3.05, 3.63) is 39.6 Å². The van der Waals surface area contributed by atoms with Crippen LogP contribution in [0.15, 0.2) is 16.9 Å². The molecule has 0 saturated carbocycles. The summed E-state index contributed by atoms with van der Waals surface area (Å²) in [7, 11) is 0. The molecule has 12 heteroatoms. The van der Waals surface area contributed by atoms with E-state index in [0.29, 0.717) is 37.3 Å². The van der Waals surface area contributed by atoms with Gasteiger partial charge in [0.05, 0.1) is 29.2 Å². The van der Waals surface area contributed by atoms with Crippen molar-refractivity contribution in [3.63, 3.8) is 0 Å². The van der Waals surface area contributed by atoms with Gasteiger partial charge in [0.2, 0.25) is 0 Å². The molecule has 2 aliphatic heterocycles. The van der Waals surface area contributed by atoms with Gasteiger partial charge in [0.15, 0.2) is 5.82 Å². The number of hydrogen-bond acceptors (Lipinski definition) is 5. The van der Waals surface area contributed by atoms with Gasteiger partial charge in [0.1, 0.15) is 4.60 Å². The van der Waals surface area contributed by atoms with Crippen molar-refractivity contribution in [1.29, 1.82) is 0 Å². The number of halogens is 4. The Morgan fingerprint density at radius 2 is 2.16 bits per heavy atom. The van der Waals surface area contributed by atoms with Gasteiger partial charge in [-0.15, -0.1) is 0 Å². The van der Waals surface area contributed by atoms with Gasteiger partial charge in [-0.05, 0) is 35.3 Å². The minimum atomic E-state index is -2.49. The smallest absolute Gasteiger partial charge is 0.305 e. The first kappa shape index (κ1) is 21.8. The number of imide groups is 1. The summed E-state index contributed by atoms with van der Waals surface area (Å²) in [5.41, 5.74) is 1.23. The number of alkyl halides is 2. The minimum absolute atomic E-state index is 0.0633. The van der Waals surface area contributed by atoms with Gasteiger partial charge in [0.25, 0.3) is 12.3 Å². The van der Waals surface area contributed by atoms with E-state index in [1.807, 2.05) is 0 Å². The summed E-state index contributed by atoms with van der Waals surface area (Å²) in [6.07, 6.45) is -0.216. The van der Waals surface area contributed by atoms with E-state index in [9.17, 15) is 22.8 Å². The van der Waals surface area contributed by atoms with Crippen molar-refractivity contribution >= 4 is 33.6 Å². The third kappa shape index (κ3) is 4.18. The van der Waals surface area contributed by atoms with E-state index < -0.39 is 36.8 Å². The SMILES string of the molecule is C[C@@H]1Cc2nn3c(c2C(=O)N1C(=O)Nc1ccnc(Br)c1F)CN(CC(F)F)CCC3. The Labute approximate surface area is 184 Å². The second-order valence-corrected chi connectivity index (χ2v) is 8.34. The number of hydrogen-bond donors (Lipinski definition) is 1. The van der Waals surface area contributed by atoms with Gasteiger partial charge in [-0.2, -0.15) is 5.10 Å². The Hall–Kier alpha value is -2.47. The molecule has 2 aliphatic rings. The van der Waals surface area contributed by atoms with Crippen LogP contribution in [0.3, 0.4) is 0 Å². The van der Waals surface area contributed by atoms with E-state index in [2.05, 4.69) is 31.3 Å². The molecular formula is C19H20BrF3N6O2. The molecular weight excluding hydrogens is 481 g/mol. The standard InChI is InChI=1S/C19H20BrF3N6O2/c1-10-7-12-15(13-8-27(9-14(21)22)5-2-6-28(13)26-12)18(30)29(10)19(31)25-11-3-4-24-17(20)16(11)23/h3-4,10,14H,2,5-9H2,1H3,(H,24,25,31)/t10-/m1/s1. The molecule has 0 aliphatic carbocycles. The van der Waals surface area contributed by atoms with Crippen LogP contribution in [0, 0.1) is 5.82 Å². The summed E-state index contributed by atoms with van der Waals surface area (Å²) in [5.74, 6) is -1.32. The summed E-state index contributed by atoms with van der Waals surface area (Å²) in [5, 5.41) is 6.93. The highest BCUT2D eigenvalue weighted by atomic mass is 79.9. The summed E-state index contributed by atoms with van der Waals surface area (Å²) in [6.45, 7) is 2.42. The van der Waals surface area contributed by atoms with Crippen molar-refractivity contribution in [2.45, 2.75) is 45.3 Å². The Bertz CT molecular complexity index is 1030. The first-order valence-corrected chi connectivity index (χ1v) is 10.6. The Balaban J connectivity index is 1.63. The molecule has 0 radical (unpaired) electrons. The number of carbonyl (C=O) groups excluding carboxylic acids is 2. The van der Waals surface area contributed by atoms with E-state index in [0.717, 1.165) is 4.90 Å². The highest BCUT2D eigenvalue weighted by Gasteiger charge is 2.40. The lowest BCUT2D eigenvalue weighted by atomic mass is 9.99. The summed E-state index contributed by atoms with van der Waals surface area (Å²) < 4.78 is 41.7. The number of fused-ring (bicyclic) bond motifs is 3. The average molecular weight is 501 g/mol. The number of urea groups is 1. The largest absolute Gasteiger partial charge is 0.329 e. The Morgan fingerprint density at radius 3 is 2.90 bits per heavy atom. The van der Waals surface area contributed by atoms with Crippen molar-refractivity contribution in [2.75, 3.05) is 18.4 Å². The van der Waals surface area contributed by atoms with Gasteiger partial charge in [-0.1, -0.05) is 0 Å². The van der Waals surface area contributed by atoms with Gasteiger partial charge in [-0.25, -0.2) is 22.9 Å². The summed E-state index contributed by atoms with van der Waals surface area (Å²) in [4.78, 5) is 32.6. The predicted octanol–water partition coefficient (Wildman–Crippen LogP) is 3.27. The fraction of sp³-hybridized carbons (Fsp3) is 0.474. The molecule has 3 amide bonds. The maximum Gasteiger partial charge on any atom is 0.329 e. The van der Waals surface area contributed by atoms with Gasteiger partial charge >= 0.3 is 6.03 Å². The fourth-order valence-electron chi connectivity index (χ4n) is 4.05. The van der Waals surface area contributed by atoms with E-state index in [-0.39, 0.29) is 22.4 Å². The number of nitrogens with zero attached hydrogens (tertiary/aromatic N) is 5. The first-order valence-electron chi connectivity index (χ1n) is 9.79. The number of pyridine rings is 1. The molecule has 4 heterocycles. The van der Waals surface area contributed by atoms with Crippen LogP contribution in [0.1, 0.15) is 35.1 Å². The molecule has 1 N–H and O–H groups in total. The van der Waals surface area contributed by atoms with Crippen LogP contribution in [0.4, 0.5) is 23.7 Å². The van der Waals surface area contributed by atoms with Crippen LogP contribution in [0.5, 0.6) is 0 Å². The lowest BCUT2D eigenvalue weighted by Crippen LogP contribution is -2.50. The van der Waals surface area contributed by atoms with E-state index in [1.54, 1.807) is 16.5 Å². The molecule has 0 saturated heterocycles. The second-order valence-electron chi connectivity index (χ2n) is 7.59. The predicted molar refractivity (Wildman–Crippen MR) is 108 cm³/mol. The second kappa shape index (κ2) is 8.58. The highest BCUT2D eigenvalue weighted by molar-refractivity contribution is 9.10. The molecule has 0 spiro atoms. The third-order valence-corrected chi connectivity index (χ3v) is 5.97. The molecule has 2 aromatic heterocycles. The normalized spacial score (nSPS) is 19.2. The molecule has 8 nitrogen and oxygen atoms in total. The zero-order valence-corrected chi connectivity index (χ0v) is 18.2. The molecule has 2 aromatic rings. The minimum Gasteiger partial charge on any atom is -0.305 e. The Kier molecular flexibility index (Phi) is 6.02. The molecule has 0 fully saturated rings. The zero-order valence-electron chi connectivity index (χ0n) is 16.6. The topological polar surface area (TPSA) is 83.4 Å². The number of nitrogens with one attached hydrogen (secondary N) is 1. The number of rotatable bonds is 3. The Morgan fingerprint density at radius 1 is 1.39 bits per heavy atom. The zero-order chi connectivity index (χ0) is 22.3. The maximum absolute atomic E-state index is 14.2. The molecule has 166 valence electrons. The number of carbonyl (C=O) groups is 2. The molecule has 1 atom stereocenters. The van der Waals surface area contributed by atoms with Crippen molar-refractivity contribution < 1.29 is 22.8 Å². The van der Waals surface area contributed by atoms with Crippen LogP contribution >= 0.6 is 15.9 Å². The average Bonchev–Trinajstić information content (AvgIpc) is 2.90. The van der Waals surface area contributed by atoms with Crippen molar-refractivity contribution in [1.82, 2.24) is 24.6 Å². The molecule has 4 rings (SSSR count). The number of aryl methyl sites for hydroxylation is 1. The maximum atomic E-state index is 14.2. The molecule has 0 aromatic carbocycles.